The average Bonchev–Trinajstić information content (AvgIpc) is 3.18. The SMILES string of the molecule is CCCc1nc2ccc(Br)cc2c(=O)n1N=Cc1ccc(-c2ccc(F)cc2)o1. The first-order valence-electron chi connectivity index (χ1n) is 9.16. The van der Waals surface area contributed by atoms with Crippen molar-refractivity contribution in [3.8, 4) is 11.3 Å². The van der Waals surface area contributed by atoms with Crippen LogP contribution in [0, 0.1) is 5.82 Å². The zero-order valence-electron chi connectivity index (χ0n) is 15.6. The van der Waals surface area contributed by atoms with E-state index in [0.717, 1.165) is 16.5 Å². The Morgan fingerprint density at radius 2 is 1.97 bits per heavy atom. The molecule has 0 spiro atoms. The molecule has 0 saturated heterocycles. The van der Waals surface area contributed by atoms with Crippen LogP contribution in [0.25, 0.3) is 22.2 Å². The zero-order valence-corrected chi connectivity index (χ0v) is 17.2. The topological polar surface area (TPSA) is 60.4 Å². The van der Waals surface area contributed by atoms with Crippen molar-refractivity contribution in [1.82, 2.24) is 9.66 Å². The molecule has 4 aromatic rings. The van der Waals surface area contributed by atoms with Crippen molar-refractivity contribution >= 4 is 33.0 Å². The van der Waals surface area contributed by atoms with Crippen LogP contribution >= 0.6 is 15.9 Å². The van der Waals surface area contributed by atoms with Gasteiger partial charge in [-0.15, -0.1) is 0 Å². The van der Waals surface area contributed by atoms with E-state index >= 15 is 0 Å². The Labute approximate surface area is 174 Å². The van der Waals surface area contributed by atoms with Crippen molar-refractivity contribution < 1.29 is 8.81 Å². The molecule has 0 bridgehead atoms. The molecule has 0 N–H and O–H groups in total. The Hall–Kier alpha value is -3.06. The molecule has 7 heteroatoms. The molecule has 0 saturated carbocycles. The Morgan fingerprint density at radius 3 is 2.72 bits per heavy atom. The van der Waals surface area contributed by atoms with E-state index < -0.39 is 0 Å². The van der Waals surface area contributed by atoms with Gasteiger partial charge in [0, 0.05) is 16.5 Å². The van der Waals surface area contributed by atoms with E-state index in [2.05, 4.69) is 26.0 Å². The van der Waals surface area contributed by atoms with Crippen molar-refractivity contribution in [1.29, 1.82) is 0 Å². The lowest BCUT2D eigenvalue weighted by Gasteiger charge is -2.08. The molecule has 0 radical (unpaired) electrons. The van der Waals surface area contributed by atoms with E-state index in [1.807, 2.05) is 19.1 Å². The summed E-state index contributed by atoms with van der Waals surface area (Å²) < 4.78 is 21.0. The van der Waals surface area contributed by atoms with Crippen LogP contribution in [0.5, 0.6) is 0 Å². The molecular weight excluding hydrogens is 437 g/mol. The van der Waals surface area contributed by atoms with E-state index in [1.165, 1.54) is 23.0 Å². The number of rotatable bonds is 5. The van der Waals surface area contributed by atoms with Crippen molar-refractivity contribution in [3.05, 3.63) is 86.8 Å². The summed E-state index contributed by atoms with van der Waals surface area (Å²) in [5, 5.41) is 4.83. The van der Waals surface area contributed by atoms with Crippen LogP contribution in [0.2, 0.25) is 0 Å². The van der Waals surface area contributed by atoms with Crippen LogP contribution in [0.15, 0.2) is 73.4 Å². The van der Waals surface area contributed by atoms with Gasteiger partial charge < -0.3 is 4.42 Å². The van der Waals surface area contributed by atoms with Gasteiger partial charge in [0.15, 0.2) is 0 Å². The Bertz CT molecular complexity index is 1260. The minimum atomic E-state index is -0.305. The lowest BCUT2D eigenvalue weighted by atomic mass is 10.2. The molecule has 0 atom stereocenters. The third kappa shape index (κ3) is 4.05. The number of furan rings is 1. The fourth-order valence-electron chi connectivity index (χ4n) is 3.01. The number of benzene rings is 2. The molecule has 2 aromatic heterocycles. The van der Waals surface area contributed by atoms with Gasteiger partial charge in [-0.3, -0.25) is 4.79 Å². The maximum Gasteiger partial charge on any atom is 0.282 e. The number of halogens is 2. The molecule has 0 fully saturated rings. The van der Waals surface area contributed by atoms with E-state index in [1.54, 1.807) is 30.3 Å². The molecule has 146 valence electrons. The molecule has 5 nitrogen and oxygen atoms in total. The number of aromatic nitrogens is 2. The Balaban J connectivity index is 1.72. The van der Waals surface area contributed by atoms with Gasteiger partial charge in [-0.1, -0.05) is 22.9 Å². The molecule has 29 heavy (non-hydrogen) atoms. The minimum absolute atomic E-state index is 0.235. The van der Waals surface area contributed by atoms with Gasteiger partial charge in [0.2, 0.25) is 0 Å². The molecular formula is C22H17BrFN3O2. The molecule has 4 rings (SSSR count). The first-order chi connectivity index (χ1) is 14.0. The summed E-state index contributed by atoms with van der Waals surface area (Å²) >= 11 is 3.39. The standard InChI is InChI=1S/C22H17BrFN3O2/c1-2-3-21-26-19-10-6-15(23)12-18(19)22(28)27(21)25-13-17-9-11-20(29-17)14-4-7-16(24)8-5-14/h4-13H,2-3H2,1H3. The highest BCUT2D eigenvalue weighted by Gasteiger charge is 2.11. The van der Waals surface area contributed by atoms with Gasteiger partial charge >= 0.3 is 0 Å². The maximum atomic E-state index is 13.1. The van der Waals surface area contributed by atoms with Crippen molar-refractivity contribution in [2.24, 2.45) is 5.10 Å². The minimum Gasteiger partial charge on any atom is -0.455 e. The summed E-state index contributed by atoms with van der Waals surface area (Å²) in [5.41, 5.74) is 1.16. The average molecular weight is 454 g/mol. The first-order valence-corrected chi connectivity index (χ1v) is 9.96. The van der Waals surface area contributed by atoms with Crippen LogP contribution in [0.3, 0.4) is 0 Å². The highest BCUT2D eigenvalue weighted by Crippen LogP contribution is 2.22. The van der Waals surface area contributed by atoms with Crippen LogP contribution < -0.4 is 5.56 Å². The number of aryl methyl sites for hydroxylation is 1. The van der Waals surface area contributed by atoms with Gasteiger partial charge in [0.25, 0.3) is 5.56 Å². The van der Waals surface area contributed by atoms with Gasteiger partial charge in [-0.25, -0.2) is 9.37 Å². The van der Waals surface area contributed by atoms with E-state index in [4.69, 9.17) is 4.42 Å². The second-order valence-electron chi connectivity index (χ2n) is 6.51. The third-order valence-electron chi connectivity index (χ3n) is 4.40. The molecule has 0 aliphatic rings. The quantitative estimate of drug-likeness (QED) is 0.380. The molecule has 0 aliphatic heterocycles. The number of hydrogen-bond acceptors (Lipinski definition) is 4. The second kappa shape index (κ2) is 8.13. The molecule has 0 amide bonds. The summed E-state index contributed by atoms with van der Waals surface area (Å²) in [5.74, 6) is 1.36. The van der Waals surface area contributed by atoms with E-state index in [9.17, 15) is 9.18 Å². The zero-order chi connectivity index (χ0) is 20.4. The number of fused-ring (bicyclic) bond motifs is 1. The van der Waals surface area contributed by atoms with Crippen molar-refractivity contribution in [2.45, 2.75) is 19.8 Å². The highest BCUT2D eigenvalue weighted by molar-refractivity contribution is 9.10. The summed E-state index contributed by atoms with van der Waals surface area (Å²) in [6.07, 6.45) is 2.94. The van der Waals surface area contributed by atoms with Crippen LogP contribution in [0.1, 0.15) is 24.9 Å². The van der Waals surface area contributed by atoms with Crippen molar-refractivity contribution in [3.63, 3.8) is 0 Å². The summed E-state index contributed by atoms with van der Waals surface area (Å²) in [6.45, 7) is 2.02. The summed E-state index contributed by atoms with van der Waals surface area (Å²) in [4.78, 5) is 17.6. The summed E-state index contributed by atoms with van der Waals surface area (Å²) in [7, 11) is 0. The van der Waals surface area contributed by atoms with Crippen LogP contribution in [-0.2, 0) is 6.42 Å². The van der Waals surface area contributed by atoms with Crippen LogP contribution in [-0.4, -0.2) is 15.9 Å². The number of hydrogen-bond donors (Lipinski definition) is 0. The largest absolute Gasteiger partial charge is 0.455 e. The van der Waals surface area contributed by atoms with Crippen LogP contribution in [0.4, 0.5) is 4.39 Å². The molecule has 2 aromatic carbocycles. The molecule has 0 unspecified atom stereocenters. The fraction of sp³-hybridized carbons (Fsp3) is 0.136. The second-order valence-corrected chi connectivity index (χ2v) is 7.43. The van der Waals surface area contributed by atoms with Gasteiger partial charge in [-0.2, -0.15) is 9.78 Å². The predicted octanol–water partition coefficient (Wildman–Crippen LogP) is 5.39. The maximum absolute atomic E-state index is 13.1. The predicted molar refractivity (Wildman–Crippen MR) is 115 cm³/mol. The van der Waals surface area contributed by atoms with E-state index in [0.29, 0.717) is 34.7 Å². The fourth-order valence-corrected chi connectivity index (χ4v) is 3.37. The Morgan fingerprint density at radius 1 is 1.17 bits per heavy atom. The molecule has 2 heterocycles. The number of nitrogens with zero attached hydrogens (tertiary/aromatic N) is 3. The van der Waals surface area contributed by atoms with Crippen molar-refractivity contribution in [2.75, 3.05) is 0 Å². The van der Waals surface area contributed by atoms with Gasteiger partial charge in [-0.05, 0) is 61.0 Å². The first kappa shape index (κ1) is 19.3. The summed E-state index contributed by atoms with van der Waals surface area (Å²) in [6, 6.07) is 15.0. The smallest absolute Gasteiger partial charge is 0.282 e. The lowest BCUT2D eigenvalue weighted by Crippen LogP contribution is -2.22. The van der Waals surface area contributed by atoms with E-state index in [-0.39, 0.29) is 11.4 Å². The molecule has 0 aliphatic carbocycles. The lowest BCUT2D eigenvalue weighted by molar-refractivity contribution is 0.573. The third-order valence-corrected chi connectivity index (χ3v) is 4.90. The highest BCUT2D eigenvalue weighted by atomic mass is 79.9. The monoisotopic (exact) mass is 453 g/mol. The van der Waals surface area contributed by atoms with Gasteiger partial charge in [0.05, 0.1) is 17.1 Å². The van der Waals surface area contributed by atoms with Gasteiger partial charge in [0.1, 0.15) is 23.2 Å². The Kier molecular flexibility index (Phi) is 5.40. The normalized spacial score (nSPS) is 11.6.